The highest BCUT2D eigenvalue weighted by molar-refractivity contribution is 9.10. The third-order valence-corrected chi connectivity index (χ3v) is 6.18. The normalized spacial score (nSPS) is 14.6. The first-order valence-corrected chi connectivity index (χ1v) is 11.6. The Morgan fingerprint density at radius 2 is 2.06 bits per heavy atom. The lowest BCUT2D eigenvalue weighted by Gasteiger charge is -2.22. The molecule has 33 heavy (non-hydrogen) atoms. The molecule has 0 radical (unpaired) electrons. The van der Waals surface area contributed by atoms with Crippen LogP contribution in [0.25, 0.3) is 10.9 Å². The second-order valence-electron chi connectivity index (χ2n) is 7.88. The zero-order valence-corrected chi connectivity index (χ0v) is 19.5. The van der Waals surface area contributed by atoms with Crippen molar-refractivity contribution in [2.75, 3.05) is 6.61 Å². The van der Waals surface area contributed by atoms with E-state index in [0.29, 0.717) is 22.3 Å². The molecule has 170 valence electrons. The zero-order chi connectivity index (χ0) is 23.4. The Morgan fingerprint density at radius 1 is 1.27 bits per heavy atom. The van der Waals surface area contributed by atoms with Gasteiger partial charge in [0.25, 0.3) is 5.56 Å². The maximum atomic E-state index is 13.4. The molecule has 0 unspecified atom stereocenters. The number of rotatable bonds is 7. The van der Waals surface area contributed by atoms with E-state index in [1.807, 2.05) is 12.1 Å². The first kappa shape index (κ1) is 22.8. The van der Waals surface area contributed by atoms with Crippen molar-refractivity contribution in [1.82, 2.24) is 9.66 Å². The third-order valence-electron chi connectivity index (χ3n) is 5.68. The molecule has 0 saturated heterocycles. The van der Waals surface area contributed by atoms with E-state index in [1.54, 1.807) is 18.2 Å². The summed E-state index contributed by atoms with van der Waals surface area (Å²) in [7, 11) is 0. The number of benzene rings is 2. The molecule has 9 heteroatoms. The Labute approximate surface area is 198 Å². The number of aromatic nitrogens is 2. The standard InChI is InChI=1S/C24H23BrN4O4/c1-2-13-33-22-17(9-6-10-21(22)29(31)32)15-26-28-23(16-7-4-3-5-8-16)27-20-12-11-18(25)14-19(20)24(28)30/h2,6,9-12,14-16H,1,3-5,7-8,13H2. The first-order chi connectivity index (χ1) is 16.0. The summed E-state index contributed by atoms with van der Waals surface area (Å²) in [4.78, 5) is 29.2. The molecule has 0 spiro atoms. The molecule has 3 aromatic rings. The highest BCUT2D eigenvalue weighted by Crippen LogP contribution is 2.33. The SMILES string of the molecule is C=CCOc1c(C=Nn2c(C3CCCCC3)nc3ccc(Br)cc3c2=O)cccc1[N+](=O)[O-]. The monoisotopic (exact) mass is 510 g/mol. The molecule has 1 heterocycles. The van der Waals surface area contributed by atoms with Crippen molar-refractivity contribution in [3.05, 3.63) is 85.4 Å². The molecule has 0 aliphatic heterocycles. The van der Waals surface area contributed by atoms with Crippen molar-refractivity contribution < 1.29 is 9.66 Å². The number of halogens is 1. The number of hydrogen-bond donors (Lipinski definition) is 0. The summed E-state index contributed by atoms with van der Waals surface area (Å²) >= 11 is 3.41. The lowest BCUT2D eigenvalue weighted by atomic mass is 9.88. The number of nitro benzene ring substituents is 1. The molecule has 1 aliphatic rings. The van der Waals surface area contributed by atoms with Crippen molar-refractivity contribution in [3.63, 3.8) is 0 Å². The van der Waals surface area contributed by atoms with E-state index in [2.05, 4.69) is 27.6 Å². The second kappa shape index (κ2) is 10.1. The van der Waals surface area contributed by atoms with Crippen LogP contribution in [0.5, 0.6) is 5.75 Å². The van der Waals surface area contributed by atoms with E-state index in [1.165, 1.54) is 29.5 Å². The molecule has 0 amide bonds. The topological polar surface area (TPSA) is 99.6 Å². The van der Waals surface area contributed by atoms with Gasteiger partial charge in [-0.05, 0) is 37.1 Å². The Bertz CT molecular complexity index is 1300. The van der Waals surface area contributed by atoms with E-state index in [4.69, 9.17) is 9.72 Å². The fraction of sp³-hybridized carbons (Fsp3) is 0.292. The lowest BCUT2D eigenvalue weighted by Crippen LogP contribution is -2.25. The molecule has 0 N–H and O–H groups in total. The van der Waals surface area contributed by atoms with Crippen LogP contribution >= 0.6 is 15.9 Å². The van der Waals surface area contributed by atoms with Crippen LogP contribution < -0.4 is 10.3 Å². The molecule has 1 saturated carbocycles. The van der Waals surface area contributed by atoms with Gasteiger partial charge in [-0.2, -0.15) is 9.78 Å². The van der Waals surface area contributed by atoms with Gasteiger partial charge in [0, 0.05) is 22.0 Å². The molecular weight excluding hydrogens is 488 g/mol. The maximum Gasteiger partial charge on any atom is 0.311 e. The fourth-order valence-electron chi connectivity index (χ4n) is 4.11. The minimum atomic E-state index is -0.509. The number of para-hydroxylation sites is 1. The number of fused-ring (bicyclic) bond motifs is 1. The van der Waals surface area contributed by atoms with Gasteiger partial charge in [-0.15, -0.1) is 0 Å². The zero-order valence-electron chi connectivity index (χ0n) is 17.9. The van der Waals surface area contributed by atoms with E-state index >= 15 is 0 Å². The van der Waals surface area contributed by atoms with Crippen LogP contribution in [-0.4, -0.2) is 27.4 Å². The van der Waals surface area contributed by atoms with Gasteiger partial charge in [-0.1, -0.05) is 53.9 Å². The molecule has 4 rings (SSSR count). The average molecular weight is 511 g/mol. The van der Waals surface area contributed by atoms with Crippen LogP contribution in [0.1, 0.15) is 49.4 Å². The third kappa shape index (κ3) is 4.88. The summed E-state index contributed by atoms with van der Waals surface area (Å²) in [6.45, 7) is 3.70. The van der Waals surface area contributed by atoms with Crippen molar-refractivity contribution in [1.29, 1.82) is 0 Å². The largest absolute Gasteiger partial charge is 0.482 e. The molecule has 0 atom stereocenters. The molecule has 1 aromatic heterocycles. The number of ether oxygens (including phenoxy) is 1. The number of hydrogen-bond acceptors (Lipinski definition) is 6. The van der Waals surface area contributed by atoms with Gasteiger partial charge in [-0.3, -0.25) is 14.9 Å². The van der Waals surface area contributed by atoms with Gasteiger partial charge >= 0.3 is 5.69 Å². The van der Waals surface area contributed by atoms with Crippen LogP contribution in [0, 0.1) is 10.1 Å². The van der Waals surface area contributed by atoms with Crippen LogP contribution in [0.4, 0.5) is 5.69 Å². The van der Waals surface area contributed by atoms with Gasteiger partial charge in [0.15, 0.2) is 0 Å². The van der Waals surface area contributed by atoms with E-state index in [9.17, 15) is 14.9 Å². The summed E-state index contributed by atoms with van der Waals surface area (Å²) in [5, 5.41) is 16.4. The Hall–Kier alpha value is -3.33. The van der Waals surface area contributed by atoms with Crippen molar-refractivity contribution in [2.24, 2.45) is 5.10 Å². The minimum absolute atomic E-state index is 0.0786. The predicted molar refractivity (Wildman–Crippen MR) is 131 cm³/mol. The highest BCUT2D eigenvalue weighted by atomic mass is 79.9. The molecule has 2 aromatic carbocycles. The van der Waals surface area contributed by atoms with Crippen LogP contribution in [0.2, 0.25) is 0 Å². The summed E-state index contributed by atoms with van der Waals surface area (Å²) in [5.41, 5.74) is 0.556. The minimum Gasteiger partial charge on any atom is -0.482 e. The predicted octanol–water partition coefficient (Wildman–Crippen LogP) is 5.56. The van der Waals surface area contributed by atoms with Crippen molar-refractivity contribution in [3.8, 4) is 5.75 Å². The van der Waals surface area contributed by atoms with Gasteiger partial charge in [0.05, 0.1) is 22.0 Å². The molecule has 0 bridgehead atoms. The second-order valence-corrected chi connectivity index (χ2v) is 8.80. The van der Waals surface area contributed by atoms with Gasteiger partial charge in [0.1, 0.15) is 12.4 Å². The number of nitrogens with zero attached hydrogens (tertiary/aromatic N) is 4. The van der Waals surface area contributed by atoms with Crippen LogP contribution in [0.3, 0.4) is 0 Å². The maximum absolute atomic E-state index is 13.4. The van der Waals surface area contributed by atoms with E-state index < -0.39 is 4.92 Å². The summed E-state index contributed by atoms with van der Waals surface area (Å²) in [6.07, 6.45) is 8.13. The first-order valence-electron chi connectivity index (χ1n) is 10.8. The molecule has 8 nitrogen and oxygen atoms in total. The Balaban J connectivity index is 1.86. The summed E-state index contributed by atoms with van der Waals surface area (Å²) in [5.74, 6) is 0.818. The Morgan fingerprint density at radius 3 is 2.79 bits per heavy atom. The summed E-state index contributed by atoms with van der Waals surface area (Å²) in [6, 6.07) is 9.99. The fourth-order valence-corrected chi connectivity index (χ4v) is 4.47. The van der Waals surface area contributed by atoms with Crippen molar-refractivity contribution >= 4 is 38.7 Å². The van der Waals surface area contributed by atoms with Gasteiger partial charge < -0.3 is 4.74 Å². The van der Waals surface area contributed by atoms with E-state index in [-0.39, 0.29) is 29.5 Å². The quantitative estimate of drug-likeness (QED) is 0.179. The molecular formula is C24H23BrN4O4. The summed E-state index contributed by atoms with van der Waals surface area (Å²) < 4.78 is 7.68. The van der Waals surface area contributed by atoms with Gasteiger partial charge in [-0.25, -0.2) is 4.98 Å². The van der Waals surface area contributed by atoms with Crippen LogP contribution in [0.15, 0.2) is 63.4 Å². The Kier molecular flexibility index (Phi) is 6.98. The van der Waals surface area contributed by atoms with Gasteiger partial charge in [0.2, 0.25) is 5.75 Å². The average Bonchev–Trinajstić information content (AvgIpc) is 2.83. The molecule has 1 fully saturated rings. The lowest BCUT2D eigenvalue weighted by molar-refractivity contribution is -0.385. The van der Waals surface area contributed by atoms with E-state index in [0.717, 1.165) is 30.2 Å². The van der Waals surface area contributed by atoms with Crippen LogP contribution in [-0.2, 0) is 0 Å². The molecule has 1 aliphatic carbocycles. The van der Waals surface area contributed by atoms with Crippen molar-refractivity contribution in [2.45, 2.75) is 38.0 Å². The highest BCUT2D eigenvalue weighted by Gasteiger charge is 2.23. The smallest absolute Gasteiger partial charge is 0.311 e. The number of nitro groups is 1.